The number of nitrogens with one attached hydrogen (secondary N) is 1. The van der Waals surface area contributed by atoms with Crippen LogP contribution in [0.25, 0.3) is 0 Å². The number of β-amino-alcohol motifs (C(OH)–C–C–N with tert-alkyl or cyclic N) is 1. The Bertz CT molecular complexity index is 470. The maximum absolute atomic E-state index is 11.8. The predicted molar refractivity (Wildman–Crippen MR) is 80.9 cm³/mol. The fourth-order valence-electron chi connectivity index (χ4n) is 2.39. The van der Waals surface area contributed by atoms with Gasteiger partial charge in [0, 0.05) is 18.6 Å². The number of benzene rings is 1. The molecular weight excluding hydrogens is 268 g/mol. The summed E-state index contributed by atoms with van der Waals surface area (Å²) in [7, 11) is 0. The van der Waals surface area contributed by atoms with E-state index in [4.69, 9.17) is 4.74 Å². The number of hydrogen-bond acceptors (Lipinski definition) is 4. The maximum atomic E-state index is 11.8. The van der Waals surface area contributed by atoms with E-state index in [1.54, 1.807) is 0 Å². The standard InChI is InChI=1S/C16H24N2O3/c1-16(2,3)18-9-13(14(19)10-18)17-15(20)21-11-12-7-5-4-6-8-12/h4-8,13-14,19H,9-11H2,1-3H3,(H,17,20). The van der Waals surface area contributed by atoms with E-state index in [2.05, 4.69) is 31.0 Å². The van der Waals surface area contributed by atoms with Crippen LogP contribution >= 0.6 is 0 Å². The van der Waals surface area contributed by atoms with Crippen molar-refractivity contribution >= 4 is 6.09 Å². The molecule has 1 aromatic rings. The lowest BCUT2D eigenvalue weighted by Crippen LogP contribution is -2.44. The van der Waals surface area contributed by atoms with Gasteiger partial charge in [0.05, 0.1) is 12.1 Å². The molecule has 1 aliphatic heterocycles. The molecule has 116 valence electrons. The van der Waals surface area contributed by atoms with Crippen molar-refractivity contribution in [3.8, 4) is 0 Å². The molecule has 2 unspecified atom stereocenters. The molecule has 0 saturated carbocycles. The fraction of sp³-hybridized carbons (Fsp3) is 0.562. The minimum atomic E-state index is -0.562. The van der Waals surface area contributed by atoms with Gasteiger partial charge >= 0.3 is 6.09 Å². The van der Waals surface area contributed by atoms with Crippen LogP contribution in [0.4, 0.5) is 4.79 Å². The summed E-state index contributed by atoms with van der Waals surface area (Å²) < 4.78 is 5.18. The third-order valence-corrected chi connectivity index (χ3v) is 3.75. The van der Waals surface area contributed by atoms with Crippen molar-refractivity contribution in [2.45, 2.75) is 45.1 Å². The first-order valence-electron chi connectivity index (χ1n) is 7.26. The average molecular weight is 292 g/mol. The quantitative estimate of drug-likeness (QED) is 0.891. The third kappa shape index (κ3) is 4.44. The van der Waals surface area contributed by atoms with E-state index in [9.17, 15) is 9.90 Å². The van der Waals surface area contributed by atoms with Crippen molar-refractivity contribution in [2.75, 3.05) is 13.1 Å². The van der Waals surface area contributed by atoms with Crippen molar-refractivity contribution in [3.63, 3.8) is 0 Å². The molecule has 5 nitrogen and oxygen atoms in total. The summed E-state index contributed by atoms with van der Waals surface area (Å²) in [5.74, 6) is 0. The number of likely N-dealkylation sites (tertiary alicyclic amines) is 1. The number of hydrogen-bond donors (Lipinski definition) is 2. The molecule has 0 aliphatic carbocycles. The lowest BCUT2D eigenvalue weighted by molar-refractivity contribution is 0.114. The van der Waals surface area contributed by atoms with Crippen molar-refractivity contribution in [1.82, 2.24) is 10.2 Å². The summed E-state index contributed by atoms with van der Waals surface area (Å²) in [5, 5.41) is 12.8. The first kappa shape index (κ1) is 15.8. The third-order valence-electron chi connectivity index (χ3n) is 3.75. The molecule has 1 amide bonds. The van der Waals surface area contributed by atoms with Crippen molar-refractivity contribution in [1.29, 1.82) is 0 Å². The Kier molecular flexibility index (Phi) is 4.85. The summed E-state index contributed by atoms with van der Waals surface area (Å²) in [6.07, 6.45) is -1.05. The van der Waals surface area contributed by atoms with Gasteiger partial charge in [0.1, 0.15) is 6.61 Å². The average Bonchev–Trinajstić information content (AvgIpc) is 2.79. The Morgan fingerprint density at radius 1 is 1.33 bits per heavy atom. The highest BCUT2D eigenvalue weighted by Crippen LogP contribution is 2.21. The van der Waals surface area contributed by atoms with E-state index in [-0.39, 0.29) is 18.2 Å². The van der Waals surface area contributed by atoms with Crippen LogP contribution in [-0.4, -0.2) is 46.9 Å². The van der Waals surface area contributed by atoms with Crippen LogP contribution in [0.15, 0.2) is 30.3 Å². The molecule has 1 aromatic carbocycles. The number of amides is 1. The molecule has 0 radical (unpaired) electrons. The van der Waals surface area contributed by atoms with Crippen LogP contribution < -0.4 is 5.32 Å². The molecular formula is C16H24N2O3. The van der Waals surface area contributed by atoms with Gasteiger partial charge in [0.25, 0.3) is 0 Å². The molecule has 1 fully saturated rings. The number of carbonyl (C=O) groups excluding carboxylic acids is 1. The van der Waals surface area contributed by atoms with Crippen LogP contribution in [0.1, 0.15) is 26.3 Å². The van der Waals surface area contributed by atoms with E-state index in [1.165, 1.54) is 0 Å². The number of aliphatic hydroxyl groups excluding tert-OH is 1. The molecule has 2 rings (SSSR count). The van der Waals surface area contributed by atoms with Crippen molar-refractivity contribution < 1.29 is 14.6 Å². The number of nitrogens with zero attached hydrogens (tertiary/aromatic N) is 1. The Labute approximate surface area is 125 Å². The van der Waals surface area contributed by atoms with Gasteiger partial charge in [-0.2, -0.15) is 0 Å². The number of carbonyl (C=O) groups is 1. The van der Waals surface area contributed by atoms with Crippen LogP contribution in [-0.2, 0) is 11.3 Å². The lowest BCUT2D eigenvalue weighted by Gasteiger charge is -2.31. The second-order valence-electron chi connectivity index (χ2n) is 6.46. The smallest absolute Gasteiger partial charge is 0.407 e. The number of rotatable bonds is 3. The van der Waals surface area contributed by atoms with Gasteiger partial charge in [-0.05, 0) is 26.3 Å². The van der Waals surface area contributed by atoms with Crippen LogP contribution in [0.5, 0.6) is 0 Å². The minimum absolute atomic E-state index is 0.0225. The first-order chi connectivity index (χ1) is 9.86. The minimum Gasteiger partial charge on any atom is -0.445 e. The van der Waals surface area contributed by atoms with Gasteiger partial charge in [0.15, 0.2) is 0 Å². The normalized spacial score (nSPS) is 23.0. The summed E-state index contributed by atoms with van der Waals surface area (Å²) in [5.41, 5.74) is 0.918. The molecule has 21 heavy (non-hydrogen) atoms. The number of aliphatic hydroxyl groups is 1. The summed E-state index contributed by atoms with van der Waals surface area (Å²) in [6.45, 7) is 7.71. The van der Waals surface area contributed by atoms with Crippen LogP contribution in [0.2, 0.25) is 0 Å². The monoisotopic (exact) mass is 292 g/mol. The topological polar surface area (TPSA) is 61.8 Å². The Morgan fingerprint density at radius 3 is 2.57 bits per heavy atom. The highest BCUT2D eigenvalue weighted by molar-refractivity contribution is 5.67. The van der Waals surface area contributed by atoms with E-state index >= 15 is 0 Å². The summed E-state index contributed by atoms with van der Waals surface area (Å²) in [4.78, 5) is 14.0. The summed E-state index contributed by atoms with van der Waals surface area (Å²) >= 11 is 0. The van der Waals surface area contributed by atoms with Crippen LogP contribution in [0, 0.1) is 0 Å². The van der Waals surface area contributed by atoms with Gasteiger partial charge < -0.3 is 15.2 Å². The molecule has 1 heterocycles. The van der Waals surface area contributed by atoms with E-state index in [1.807, 2.05) is 30.3 Å². The predicted octanol–water partition coefficient (Wildman–Crippen LogP) is 1.76. The van der Waals surface area contributed by atoms with E-state index < -0.39 is 12.2 Å². The zero-order chi connectivity index (χ0) is 15.5. The molecule has 2 N–H and O–H groups in total. The lowest BCUT2D eigenvalue weighted by atomic mass is 10.1. The molecule has 0 bridgehead atoms. The molecule has 1 saturated heterocycles. The SMILES string of the molecule is CC(C)(C)N1CC(O)C(NC(=O)OCc2ccccc2)C1. The van der Waals surface area contributed by atoms with Gasteiger partial charge in [-0.3, -0.25) is 4.90 Å². The second kappa shape index (κ2) is 6.45. The number of alkyl carbamates (subject to hydrolysis) is 1. The van der Waals surface area contributed by atoms with Gasteiger partial charge in [-0.15, -0.1) is 0 Å². The molecule has 2 atom stereocenters. The van der Waals surface area contributed by atoms with E-state index in [0.717, 1.165) is 5.56 Å². The Morgan fingerprint density at radius 2 is 2.00 bits per heavy atom. The molecule has 0 spiro atoms. The Hall–Kier alpha value is -1.59. The second-order valence-corrected chi connectivity index (χ2v) is 6.46. The fourth-order valence-corrected chi connectivity index (χ4v) is 2.39. The van der Waals surface area contributed by atoms with Gasteiger partial charge in [0.2, 0.25) is 0 Å². The largest absolute Gasteiger partial charge is 0.445 e. The van der Waals surface area contributed by atoms with Crippen molar-refractivity contribution in [3.05, 3.63) is 35.9 Å². The highest BCUT2D eigenvalue weighted by atomic mass is 16.5. The molecule has 0 aromatic heterocycles. The van der Waals surface area contributed by atoms with Gasteiger partial charge in [-0.25, -0.2) is 4.79 Å². The zero-order valence-electron chi connectivity index (χ0n) is 12.9. The highest BCUT2D eigenvalue weighted by Gasteiger charge is 2.37. The van der Waals surface area contributed by atoms with E-state index in [0.29, 0.717) is 13.1 Å². The summed E-state index contributed by atoms with van der Waals surface area (Å²) in [6, 6.07) is 9.24. The first-order valence-corrected chi connectivity index (χ1v) is 7.26. The maximum Gasteiger partial charge on any atom is 0.407 e. The van der Waals surface area contributed by atoms with Gasteiger partial charge in [-0.1, -0.05) is 30.3 Å². The molecule has 5 heteroatoms. The zero-order valence-corrected chi connectivity index (χ0v) is 12.9. The number of ether oxygens (including phenoxy) is 1. The molecule has 1 aliphatic rings. The van der Waals surface area contributed by atoms with Crippen LogP contribution in [0.3, 0.4) is 0 Å². The Balaban J connectivity index is 1.80. The van der Waals surface area contributed by atoms with Crippen molar-refractivity contribution in [2.24, 2.45) is 0 Å².